The van der Waals surface area contributed by atoms with E-state index in [1.807, 2.05) is 6.07 Å². The van der Waals surface area contributed by atoms with Gasteiger partial charge in [-0.3, -0.25) is 9.91 Å². The fourth-order valence-electron chi connectivity index (χ4n) is 2.86. The van der Waals surface area contributed by atoms with Gasteiger partial charge in [-0.05, 0) is 30.4 Å². The molecule has 1 atom stereocenters. The number of nitrogens with zero attached hydrogens (tertiary/aromatic N) is 5. The molecule has 2 heterocycles. The van der Waals surface area contributed by atoms with Gasteiger partial charge in [-0.25, -0.2) is 9.18 Å². The predicted octanol–water partition coefficient (Wildman–Crippen LogP) is 1.26. The second kappa shape index (κ2) is 8.71. The van der Waals surface area contributed by atoms with Crippen molar-refractivity contribution in [3.63, 3.8) is 0 Å². The van der Waals surface area contributed by atoms with Crippen molar-refractivity contribution in [3.05, 3.63) is 24.0 Å². The molecule has 0 spiro atoms. The van der Waals surface area contributed by atoms with Gasteiger partial charge in [0.2, 0.25) is 0 Å². The van der Waals surface area contributed by atoms with Crippen molar-refractivity contribution < 1.29 is 18.7 Å². The monoisotopic (exact) mass is 406 g/mol. The highest BCUT2D eigenvalue weighted by molar-refractivity contribution is 7.80. The number of anilines is 2. The van der Waals surface area contributed by atoms with Crippen molar-refractivity contribution in [3.8, 4) is 6.07 Å². The van der Waals surface area contributed by atoms with Crippen molar-refractivity contribution >= 4 is 41.2 Å². The van der Waals surface area contributed by atoms with E-state index in [0.29, 0.717) is 31.0 Å². The molecule has 1 unspecified atom stereocenters. The summed E-state index contributed by atoms with van der Waals surface area (Å²) in [7, 11) is 1.45. The zero-order valence-electron chi connectivity index (χ0n) is 15.2. The van der Waals surface area contributed by atoms with Gasteiger partial charge in [0.15, 0.2) is 0 Å². The molecule has 11 heteroatoms. The number of carbonyl (C=O) groups is 1. The Hall–Kier alpha value is -3.13. The maximum Gasteiger partial charge on any atom is 0.414 e. The number of hydrazone groups is 1. The first-order chi connectivity index (χ1) is 13.5. The minimum absolute atomic E-state index is 0.188. The Morgan fingerprint density at radius 3 is 3.00 bits per heavy atom. The fourth-order valence-corrected chi connectivity index (χ4v) is 2.95. The minimum Gasteiger partial charge on any atom is -0.474 e. The lowest BCUT2D eigenvalue weighted by Gasteiger charge is -2.29. The SMILES string of the molecule is COC(=S)NCC1CN(c2ccc(N3C=NN(CC#N)CC3)c(F)c2)C(=O)O1. The molecule has 1 aromatic rings. The molecule has 1 amide bonds. The van der Waals surface area contributed by atoms with E-state index in [-0.39, 0.29) is 18.3 Å². The van der Waals surface area contributed by atoms with E-state index in [9.17, 15) is 9.18 Å². The topological polar surface area (TPSA) is 93.4 Å². The van der Waals surface area contributed by atoms with Gasteiger partial charge in [0.25, 0.3) is 5.17 Å². The summed E-state index contributed by atoms with van der Waals surface area (Å²) in [6.45, 7) is 1.78. The molecule has 3 rings (SSSR count). The number of rotatable bonds is 5. The number of benzene rings is 1. The second-order valence-electron chi connectivity index (χ2n) is 6.10. The van der Waals surface area contributed by atoms with E-state index in [1.54, 1.807) is 22.0 Å². The van der Waals surface area contributed by atoms with Crippen LogP contribution in [0.1, 0.15) is 0 Å². The Morgan fingerprint density at radius 1 is 1.54 bits per heavy atom. The zero-order valence-corrected chi connectivity index (χ0v) is 16.0. The fraction of sp³-hybridized carbons (Fsp3) is 0.412. The highest BCUT2D eigenvalue weighted by Crippen LogP contribution is 2.28. The first kappa shape index (κ1) is 19.6. The lowest BCUT2D eigenvalue weighted by molar-refractivity contribution is 0.142. The summed E-state index contributed by atoms with van der Waals surface area (Å²) in [5.41, 5.74) is 0.753. The molecule has 9 nitrogen and oxygen atoms in total. The lowest BCUT2D eigenvalue weighted by Crippen LogP contribution is -2.38. The van der Waals surface area contributed by atoms with Crippen LogP contribution in [0.2, 0.25) is 0 Å². The number of ether oxygens (including phenoxy) is 2. The maximum absolute atomic E-state index is 14.7. The lowest BCUT2D eigenvalue weighted by atomic mass is 10.2. The summed E-state index contributed by atoms with van der Waals surface area (Å²) in [5.74, 6) is -0.479. The van der Waals surface area contributed by atoms with E-state index >= 15 is 0 Å². The van der Waals surface area contributed by atoms with Gasteiger partial charge in [-0.15, -0.1) is 0 Å². The van der Waals surface area contributed by atoms with Gasteiger partial charge >= 0.3 is 6.09 Å². The van der Waals surface area contributed by atoms with E-state index in [0.717, 1.165) is 0 Å². The predicted molar refractivity (Wildman–Crippen MR) is 105 cm³/mol. The largest absolute Gasteiger partial charge is 0.474 e. The third-order valence-corrected chi connectivity index (χ3v) is 4.60. The van der Waals surface area contributed by atoms with Gasteiger partial charge in [0.1, 0.15) is 24.8 Å². The average Bonchev–Trinajstić information content (AvgIpc) is 3.07. The molecule has 0 bridgehead atoms. The van der Waals surface area contributed by atoms with E-state index in [4.69, 9.17) is 27.0 Å². The Bertz CT molecular complexity index is 830. The van der Waals surface area contributed by atoms with Crippen LogP contribution in [0.4, 0.5) is 20.6 Å². The first-order valence-electron chi connectivity index (χ1n) is 8.54. The molecule has 2 aliphatic heterocycles. The van der Waals surface area contributed by atoms with E-state index < -0.39 is 18.0 Å². The molecule has 2 aliphatic rings. The number of amides is 1. The smallest absolute Gasteiger partial charge is 0.414 e. The van der Waals surface area contributed by atoms with Gasteiger partial charge in [0.05, 0.1) is 44.2 Å². The molecule has 1 saturated heterocycles. The number of hydrogen-bond donors (Lipinski definition) is 1. The molecule has 1 aromatic carbocycles. The van der Waals surface area contributed by atoms with Crippen LogP contribution >= 0.6 is 12.2 Å². The third kappa shape index (κ3) is 4.40. The zero-order chi connectivity index (χ0) is 20.1. The number of methoxy groups -OCH3 is 1. The Kier molecular flexibility index (Phi) is 6.10. The van der Waals surface area contributed by atoms with Crippen LogP contribution < -0.4 is 15.1 Å². The maximum atomic E-state index is 14.7. The number of nitriles is 1. The average molecular weight is 406 g/mol. The van der Waals surface area contributed by atoms with Crippen molar-refractivity contribution in [2.24, 2.45) is 5.10 Å². The first-order valence-corrected chi connectivity index (χ1v) is 8.95. The van der Waals surface area contributed by atoms with Gasteiger partial charge in [0, 0.05) is 6.54 Å². The number of carbonyl (C=O) groups excluding carboxylic acids is 1. The molecule has 1 fully saturated rings. The Morgan fingerprint density at radius 2 is 2.36 bits per heavy atom. The van der Waals surface area contributed by atoms with Crippen molar-refractivity contribution in [2.45, 2.75) is 6.10 Å². The van der Waals surface area contributed by atoms with Crippen LogP contribution in [0.3, 0.4) is 0 Å². The van der Waals surface area contributed by atoms with Crippen LogP contribution in [-0.2, 0) is 9.47 Å². The number of halogens is 1. The van der Waals surface area contributed by atoms with Crippen molar-refractivity contribution in [1.82, 2.24) is 10.3 Å². The second-order valence-corrected chi connectivity index (χ2v) is 6.47. The van der Waals surface area contributed by atoms with E-state index in [1.165, 1.54) is 24.4 Å². The minimum atomic E-state index is -0.547. The van der Waals surface area contributed by atoms with Crippen LogP contribution in [0.5, 0.6) is 0 Å². The summed E-state index contributed by atoms with van der Waals surface area (Å²) >= 11 is 4.89. The van der Waals surface area contributed by atoms with Gasteiger partial charge in [-0.2, -0.15) is 10.4 Å². The quantitative estimate of drug-likeness (QED) is 0.577. The highest BCUT2D eigenvalue weighted by atomic mass is 32.1. The summed E-state index contributed by atoms with van der Waals surface area (Å²) in [5, 5.41) is 17.5. The van der Waals surface area contributed by atoms with Crippen LogP contribution in [-0.4, -0.2) is 68.6 Å². The van der Waals surface area contributed by atoms with Crippen molar-refractivity contribution in [2.75, 3.05) is 49.6 Å². The van der Waals surface area contributed by atoms with Crippen LogP contribution in [0.15, 0.2) is 23.3 Å². The van der Waals surface area contributed by atoms with Gasteiger partial charge < -0.3 is 19.7 Å². The number of hydrogen-bond acceptors (Lipinski definition) is 8. The standard InChI is InChI=1S/C17H19FN6O3S/c1-26-16(28)20-9-13-10-24(17(25)27-13)12-2-3-15(14(18)8-12)22-6-7-23(5-4-19)21-11-22/h2-3,8,11,13H,5-7,9-10H2,1H3,(H,20,28). The molecule has 148 valence electrons. The molecule has 1 N–H and O–H groups in total. The molecule has 28 heavy (non-hydrogen) atoms. The molecule has 0 aromatic heterocycles. The molecule has 0 saturated carbocycles. The summed E-state index contributed by atoms with van der Waals surface area (Å²) < 4.78 is 24.8. The Labute approximate surface area is 166 Å². The molecular weight excluding hydrogens is 387 g/mol. The number of thiocarbonyl (C=S) groups is 1. The summed E-state index contributed by atoms with van der Waals surface area (Å²) in [4.78, 5) is 15.2. The molecule has 0 aliphatic carbocycles. The molecule has 0 radical (unpaired) electrons. The van der Waals surface area contributed by atoms with Crippen molar-refractivity contribution in [1.29, 1.82) is 5.26 Å². The highest BCUT2D eigenvalue weighted by Gasteiger charge is 2.33. The number of cyclic esters (lactones) is 1. The van der Waals surface area contributed by atoms with E-state index in [2.05, 4.69) is 10.4 Å². The third-order valence-electron chi connectivity index (χ3n) is 4.29. The summed E-state index contributed by atoms with van der Waals surface area (Å²) in [6, 6.07) is 6.56. The Balaban J connectivity index is 1.66. The molecular formula is C17H19FN6O3S. The normalized spacial score (nSPS) is 18.7. The van der Waals surface area contributed by atoms with Gasteiger partial charge in [-0.1, -0.05) is 0 Å². The summed E-state index contributed by atoms with van der Waals surface area (Å²) in [6.07, 6.45) is 0.515. The van der Waals surface area contributed by atoms with Crippen LogP contribution in [0.25, 0.3) is 0 Å². The van der Waals surface area contributed by atoms with Crippen LogP contribution in [0, 0.1) is 17.1 Å². The number of nitrogens with one attached hydrogen (secondary N) is 1.